The Balaban J connectivity index is 2.83. The Bertz CT molecular complexity index is 455. The molecule has 0 radical (unpaired) electrons. The molecule has 0 amide bonds. The van der Waals surface area contributed by atoms with Gasteiger partial charge in [-0.2, -0.15) is 0 Å². The molecule has 4 unspecified atom stereocenters. The molecule has 1 rings (SSSR count). The van der Waals surface area contributed by atoms with Crippen molar-refractivity contribution in [2.45, 2.75) is 84.8 Å². The van der Waals surface area contributed by atoms with Crippen LogP contribution in [-0.2, 0) is 14.6 Å². The quantitative estimate of drug-likeness (QED) is 0.434. The van der Waals surface area contributed by atoms with Crippen LogP contribution in [0, 0.1) is 11.8 Å². The SMILES string of the molecule is CC/C=C/C(CC)CC(C)CC1(CC)C=C(CC)C(C(=O)O)OO1. The molecule has 1 heterocycles. The first kappa shape index (κ1) is 20.9. The zero-order valence-electron chi connectivity index (χ0n) is 15.9. The molecule has 1 aliphatic rings. The zero-order chi connectivity index (χ0) is 18.2. The van der Waals surface area contributed by atoms with Crippen LogP contribution < -0.4 is 0 Å². The molecule has 0 bridgehead atoms. The van der Waals surface area contributed by atoms with Crippen LogP contribution in [0.1, 0.15) is 73.1 Å². The average molecular weight is 338 g/mol. The molecule has 24 heavy (non-hydrogen) atoms. The summed E-state index contributed by atoms with van der Waals surface area (Å²) in [7, 11) is 0. The Morgan fingerprint density at radius 1 is 1.38 bits per heavy atom. The molecule has 0 fully saturated rings. The topological polar surface area (TPSA) is 55.8 Å². The van der Waals surface area contributed by atoms with E-state index in [1.54, 1.807) is 0 Å². The summed E-state index contributed by atoms with van der Waals surface area (Å²) in [5, 5.41) is 9.24. The van der Waals surface area contributed by atoms with Gasteiger partial charge in [-0.1, -0.05) is 46.8 Å². The van der Waals surface area contributed by atoms with Crippen molar-refractivity contribution in [3.8, 4) is 0 Å². The van der Waals surface area contributed by atoms with E-state index in [-0.39, 0.29) is 0 Å². The van der Waals surface area contributed by atoms with Crippen molar-refractivity contribution in [3.05, 3.63) is 23.8 Å². The van der Waals surface area contributed by atoms with E-state index in [1.165, 1.54) is 0 Å². The second kappa shape index (κ2) is 10.00. The monoisotopic (exact) mass is 338 g/mol. The van der Waals surface area contributed by atoms with Crippen molar-refractivity contribution in [1.82, 2.24) is 0 Å². The number of hydrogen-bond donors (Lipinski definition) is 1. The van der Waals surface area contributed by atoms with Crippen LogP contribution in [0.3, 0.4) is 0 Å². The molecular formula is C20H34O4. The fraction of sp³-hybridized carbons (Fsp3) is 0.750. The summed E-state index contributed by atoms with van der Waals surface area (Å²) in [6, 6.07) is 0. The fourth-order valence-corrected chi connectivity index (χ4v) is 3.43. The predicted molar refractivity (Wildman–Crippen MR) is 96.6 cm³/mol. The number of aliphatic carboxylic acids is 1. The molecule has 0 spiro atoms. The molecule has 1 aliphatic heterocycles. The predicted octanol–water partition coefficient (Wildman–Crippen LogP) is 5.30. The van der Waals surface area contributed by atoms with Crippen LogP contribution in [0.25, 0.3) is 0 Å². The van der Waals surface area contributed by atoms with Crippen molar-refractivity contribution in [2.24, 2.45) is 11.8 Å². The summed E-state index contributed by atoms with van der Waals surface area (Å²) in [5.41, 5.74) is 0.296. The van der Waals surface area contributed by atoms with Crippen LogP contribution in [0.15, 0.2) is 23.8 Å². The highest BCUT2D eigenvalue weighted by atomic mass is 17.2. The number of rotatable bonds is 10. The first-order valence-corrected chi connectivity index (χ1v) is 9.36. The van der Waals surface area contributed by atoms with E-state index < -0.39 is 17.7 Å². The van der Waals surface area contributed by atoms with Crippen molar-refractivity contribution in [1.29, 1.82) is 0 Å². The smallest absolute Gasteiger partial charge is 0.340 e. The summed E-state index contributed by atoms with van der Waals surface area (Å²) in [5.74, 6) is 0.0621. The molecule has 0 saturated carbocycles. The minimum Gasteiger partial charge on any atom is -0.479 e. The highest BCUT2D eigenvalue weighted by Crippen LogP contribution is 2.36. The van der Waals surface area contributed by atoms with Crippen LogP contribution in [-0.4, -0.2) is 22.8 Å². The van der Waals surface area contributed by atoms with Crippen molar-refractivity contribution < 1.29 is 19.7 Å². The highest BCUT2D eigenvalue weighted by molar-refractivity contribution is 5.76. The first-order valence-electron chi connectivity index (χ1n) is 9.36. The van der Waals surface area contributed by atoms with Gasteiger partial charge in [-0.25, -0.2) is 14.6 Å². The Hall–Kier alpha value is -1.13. The van der Waals surface area contributed by atoms with Gasteiger partial charge >= 0.3 is 5.97 Å². The van der Waals surface area contributed by atoms with E-state index in [9.17, 15) is 9.90 Å². The van der Waals surface area contributed by atoms with E-state index >= 15 is 0 Å². The molecule has 4 nitrogen and oxygen atoms in total. The van der Waals surface area contributed by atoms with Gasteiger partial charge in [-0.3, -0.25) is 0 Å². The lowest BCUT2D eigenvalue weighted by Crippen LogP contribution is -2.42. The van der Waals surface area contributed by atoms with E-state index in [4.69, 9.17) is 9.78 Å². The van der Waals surface area contributed by atoms with Crippen molar-refractivity contribution in [2.75, 3.05) is 0 Å². The third kappa shape index (κ3) is 5.75. The summed E-state index contributed by atoms with van der Waals surface area (Å²) in [6.07, 6.45) is 11.2. The Labute approximate surface area is 146 Å². The standard InChI is InChI=1S/C20H34O4/c1-6-10-11-16(7-2)12-15(5)13-20(9-4)14-17(8-3)18(19(21)22)23-24-20/h10-11,14-16,18H,6-9,12-13H2,1-5H3,(H,21,22)/b11-10+. The molecule has 0 aliphatic carbocycles. The minimum atomic E-state index is -0.989. The van der Waals surface area contributed by atoms with E-state index in [2.05, 4.69) is 39.8 Å². The van der Waals surface area contributed by atoms with Crippen LogP contribution >= 0.6 is 0 Å². The van der Waals surface area contributed by atoms with Crippen LogP contribution in [0.4, 0.5) is 0 Å². The maximum absolute atomic E-state index is 11.3. The summed E-state index contributed by atoms with van der Waals surface area (Å²) in [6.45, 7) is 10.6. The normalized spacial score (nSPS) is 27.0. The minimum absolute atomic E-state index is 0.468. The van der Waals surface area contributed by atoms with Gasteiger partial charge in [0.15, 0.2) is 0 Å². The molecule has 0 aromatic heterocycles. The highest BCUT2D eigenvalue weighted by Gasteiger charge is 2.39. The van der Waals surface area contributed by atoms with E-state index in [0.717, 1.165) is 37.7 Å². The van der Waals surface area contributed by atoms with Crippen LogP contribution in [0.2, 0.25) is 0 Å². The Kier molecular flexibility index (Phi) is 8.71. The lowest BCUT2D eigenvalue weighted by atomic mass is 9.81. The van der Waals surface area contributed by atoms with Gasteiger partial charge in [0.2, 0.25) is 6.10 Å². The Morgan fingerprint density at radius 2 is 2.08 bits per heavy atom. The number of carboxylic acids is 1. The number of hydrogen-bond acceptors (Lipinski definition) is 3. The Morgan fingerprint density at radius 3 is 2.58 bits per heavy atom. The molecular weight excluding hydrogens is 304 g/mol. The largest absolute Gasteiger partial charge is 0.479 e. The van der Waals surface area contributed by atoms with Gasteiger partial charge in [0, 0.05) is 0 Å². The van der Waals surface area contributed by atoms with Gasteiger partial charge in [0.05, 0.1) is 0 Å². The fourth-order valence-electron chi connectivity index (χ4n) is 3.43. The van der Waals surface area contributed by atoms with Crippen LogP contribution in [0.5, 0.6) is 0 Å². The third-order valence-electron chi connectivity index (χ3n) is 4.89. The van der Waals surface area contributed by atoms with E-state index in [1.807, 2.05) is 13.0 Å². The second-order valence-corrected chi connectivity index (χ2v) is 6.94. The van der Waals surface area contributed by atoms with E-state index in [0.29, 0.717) is 18.3 Å². The van der Waals surface area contributed by atoms with Gasteiger partial charge in [-0.15, -0.1) is 0 Å². The maximum atomic E-state index is 11.3. The van der Waals surface area contributed by atoms with Crippen molar-refractivity contribution >= 4 is 5.97 Å². The molecule has 138 valence electrons. The van der Waals surface area contributed by atoms with Gasteiger partial charge in [0.25, 0.3) is 0 Å². The lowest BCUT2D eigenvalue weighted by molar-refractivity contribution is -0.373. The maximum Gasteiger partial charge on any atom is 0.340 e. The number of allylic oxidation sites excluding steroid dienone is 2. The van der Waals surface area contributed by atoms with Gasteiger partial charge < -0.3 is 5.11 Å². The molecule has 4 atom stereocenters. The third-order valence-corrected chi connectivity index (χ3v) is 4.89. The lowest BCUT2D eigenvalue weighted by Gasteiger charge is -2.37. The first-order chi connectivity index (χ1) is 11.4. The molecule has 0 saturated heterocycles. The summed E-state index contributed by atoms with van der Waals surface area (Å²) >= 11 is 0. The second-order valence-electron chi connectivity index (χ2n) is 6.94. The number of carbonyl (C=O) groups is 1. The van der Waals surface area contributed by atoms with Gasteiger partial charge in [0.1, 0.15) is 5.60 Å². The van der Waals surface area contributed by atoms with Gasteiger partial charge in [-0.05, 0) is 62.0 Å². The molecule has 0 aromatic rings. The summed E-state index contributed by atoms with van der Waals surface area (Å²) < 4.78 is 0. The molecule has 1 N–H and O–H groups in total. The molecule has 4 heteroatoms. The summed E-state index contributed by atoms with van der Waals surface area (Å²) in [4.78, 5) is 22.2. The number of carboxylic acid groups (broad SMARTS) is 1. The molecule has 0 aromatic carbocycles. The zero-order valence-corrected chi connectivity index (χ0v) is 15.9. The van der Waals surface area contributed by atoms with Crippen molar-refractivity contribution in [3.63, 3.8) is 0 Å². The average Bonchev–Trinajstić information content (AvgIpc) is 2.57.